The number of sulfone groups is 1. The lowest BCUT2D eigenvalue weighted by Gasteiger charge is -2.17. The molecule has 158 valence electrons. The third-order valence-corrected chi connectivity index (χ3v) is 6.02. The Hall–Kier alpha value is -2.25. The van der Waals surface area contributed by atoms with Crippen LogP contribution in [0.5, 0.6) is 5.75 Å². The maximum atomic E-state index is 12.2. The SMILES string of the molecule is CN=C(NCCCS(=O)(=O)Cc1ccccc1)NCC(C)Oc1ccc(Cl)cc1. The first-order chi connectivity index (χ1) is 13.9. The average Bonchev–Trinajstić information content (AvgIpc) is 2.69. The highest BCUT2D eigenvalue weighted by Crippen LogP contribution is 2.16. The Labute approximate surface area is 178 Å². The highest BCUT2D eigenvalue weighted by atomic mass is 35.5. The van der Waals surface area contributed by atoms with Gasteiger partial charge in [-0.15, -0.1) is 0 Å². The third kappa shape index (κ3) is 9.19. The van der Waals surface area contributed by atoms with E-state index in [1.807, 2.05) is 49.4 Å². The molecule has 0 heterocycles. The second-order valence-electron chi connectivity index (χ2n) is 6.69. The summed E-state index contributed by atoms with van der Waals surface area (Å²) in [5.74, 6) is 1.55. The first-order valence-electron chi connectivity index (χ1n) is 9.49. The van der Waals surface area contributed by atoms with Gasteiger partial charge in [-0.05, 0) is 43.2 Å². The highest BCUT2D eigenvalue weighted by molar-refractivity contribution is 7.90. The molecule has 6 nitrogen and oxygen atoms in total. The molecule has 0 aliphatic rings. The summed E-state index contributed by atoms with van der Waals surface area (Å²) in [6.45, 7) is 3.01. The molecule has 0 saturated heterocycles. The quantitative estimate of drug-likeness (QED) is 0.339. The largest absolute Gasteiger partial charge is 0.489 e. The predicted octanol–water partition coefficient (Wildman–Crippen LogP) is 3.28. The second-order valence-corrected chi connectivity index (χ2v) is 9.31. The molecule has 0 saturated carbocycles. The molecule has 29 heavy (non-hydrogen) atoms. The van der Waals surface area contributed by atoms with Gasteiger partial charge in [-0.3, -0.25) is 4.99 Å². The molecular weight excluding hydrogens is 410 g/mol. The zero-order valence-corrected chi connectivity index (χ0v) is 18.3. The topological polar surface area (TPSA) is 79.8 Å². The van der Waals surface area contributed by atoms with E-state index in [2.05, 4.69) is 15.6 Å². The standard InChI is InChI=1S/C21H28ClN3O3S/c1-17(28-20-11-9-19(22)10-12-20)15-25-21(23-2)24-13-6-14-29(26,27)16-18-7-4-3-5-8-18/h3-5,7-12,17H,6,13-16H2,1-2H3,(H2,23,24,25). The summed E-state index contributed by atoms with van der Waals surface area (Å²) in [5.41, 5.74) is 0.813. The van der Waals surface area contributed by atoms with Crippen LogP contribution in [0.3, 0.4) is 0 Å². The summed E-state index contributed by atoms with van der Waals surface area (Å²) >= 11 is 5.87. The predicted molar refractivity (Wildman–Crippen MR) is 119 cm³/mol. The van der Waals surface area contributed by atoms with Crippen LogP contribution in [0.1, 0.15) is 18.9 Å². The molecule has 2 aromatic rings. The molecule has 8 heteroatoms. The second kappa shape index (κ2) is 11.7. The molecule has 2 aromatic carbocycles. The van der Waals surface area contributed by atoms with Crippen molar-refractivity contribution in [2.24, 2.45) is 4.99 Å². The van der Waals surface area contributed by atoms with Crippen molar-refractivity contribution in [1.82, 2.24) is 10.6 Å². The van der Waals surface area contributed by atoms with Crippen LogP contribution in [0.25, 0.3) is 0 Å². The Bertz CT molecular complexity index is 872. The molecule has 0 bridgehead atoms. The minimum Gasteiger partial charge on any atom is -0.489 e. The van der Waals surface area contributed by atoms with E-state index in [0.29, 0.717) is 30.5 Å². The number of nitrogens with one attached hydrogen (secondary N) is 2. The summed E-state index contributed by atoms with van der Waals surface area (Å²) in [4.78, 5) is 4.15. The van der Waals surface area contributed by atoms with Gasteiger partial charge in [0.25, 0.3) is 0 Å². The van der Waals surface area contributed by atoms with Gasteiger partial charge in [0.15, 0.2) is 15.8 Å². The van der Waals surface area contributed by atoms with Crippen molar-refractivity contribution in [1.29, 1.82) is 0 Å². The van der Waals surface area contributed by atoms with E-state index in [1.54, 1.807) is 19.2 Å². The van der Waals surface area contributed by atoms with E-state index >= 15 is 0 Å². The van der Waals surface area contributed by atoms with Crippen LogP contribution in [0.15, 0.2) is 59.6 Å². The lowest BCUT2D eigenvalue weighted by molar-refractivity contribution is 0.224. The summed E-state index contributed by atoms with van der Waals surface area (Å²) in [5, 5.41) is 6.98. The number of nitrogens with zero attached hydrogens (tertiary/aromatic N) is 1. The zero-order chi connectivity index (χ0) is 21.1. The maximum absolute atomic E-state index is 12.2. The highest BCUT2D eigenvalue weighted by Gasteiger charge is 2.12. The van der Waals surface area contributed by atoms with E-state index in [4.69, 9.17) is 16.3 Å². The first-order valence-corrected chi connectivity index (χ1v) is 11.7. The van der Waals surface area contributed by atoms with Crippen molar-refractivity contribution < 1.29 is 13.2 Å². The fourth-order valence-electron chi connectivity index (χ4n) is 2.65. The van der Waals surface area contributed by atoms with Crippen LogP contribution >= 0.6 is 11.6 Å². The Morgan fingerprint density at radius 2 is 1.79 bits per heavy atom. The van der Waals surface area contributed by atoms with Gasteiger partial charge in [0, 0.05) is 18.6 Å². The smallest absolute Gasteiger partial charge is 0.191 e. The third-order valence-electron chi connectivity index (χ3n) is 4.09. The average molecular weight is 438 g/mol. The van der Waals surface area contributed by atoms with Gasteiger partial charge in [0.1, 0.15) is 11.9 Å². The molecule has 0 spiro atoms. The van der Waals surface area contributed by atoms with Gasteiger partial charge < -0.3 is 15.4 Å². The van der Waals surface area contributed by atoms with Gasteiger partial charge in [-0.2, -0.15) is 0 Å². The summed E-state index contributed by atoms with van der Waals surface area (Å²) < 4.78 is 30.3. The molecule has 0 radical (unpaired) electrons. The molecule has 1 unspecified atom stereocenters. The van der Waals surface area contributed by atoms with Crippen LogP contribution in [0.2, 0.25) is 5.02 Å². The summed E-state index contributed by atoms with van der Waals surface area (Å²) in [6.07, 6.45) is 0.424. The fraction of sp³-hybridized carbons (Fsp3) is 0.381. The molecule has 2 rings (SSSR count). The molecule has 0 aliphatic heterocycles. The molecule has 0 amide bonds. The lowest BCUT2D eigenvalue weighted by atomic mass is 10.2. The van der Waals surface area contributed by atoms with Crippen LogP contribution in [-0.2, 0) is 15.6 Å². The molecule has 0 fully saturated rings. The van der Waals surface area contributed by atoms with Crippen LogP contribution in [0, 0.1) is 0 Å². The minimum atomic E-state index is -3.13. The monoisotopic (exact) mass is 437 g/mol. The van der Waals surface area contributed by atoms with Gasteiger partial charge in [-0.25, -0.2) is 8.42 Å². The van der Waals surface area contributed by atoms with E-state index in [0.717, 1.165) is 11.3 Å². The summed E-state index contributed by atoms with van der Waals surface area (Å²) in [6, 6.07) is 16.4. The molecule has 1 atom stereocenters. The number of halogens is 1. The van der Waals surface area contributed by atoms with Crippen LogP contribution in [0.4, 0.5) is 0 Å². The van der Waals surface area contributed by atoms with Crippen LogP contribution < -0.4 is 15.4 Å². The number of benzene rings is 2. The first kappa shape index (κ1) is 23.0. The van der Waals surface area contributed by atoms with E-state index < -0.39 is 9.84 Å². The molecule has 2 N–H and O–H groups in total. The number of guanidine groups is 1. The number of aliphatic imine (C=N–C) groups is 1. The fourth-order valence-corrected chi connectivity index (χ4v) is 4.20. The van der Waals surface area contributed by atoms with Gasteiger partial charge in [-0.1, -0.05) is 41.9 Å². The van der Waals surface area contributed by atoms with Crippen molar-refractivity contribution in [2.45, 2.75) is 25.2 Å². The zero-order valence-electron chi connectivity index (χ0n) is 16.8. The number of rotatable bonds is 10. The van der Waals surface area contributed by atoms with Crippen molar-refractivity contribution in [3.8, 4) is 5.75 Å². The lowest BCUT2D eigenvalue weighted by Crippen LogP contribution is -2.42. The van der Waals surface area contributed by atoms with E-state index in [9.17, 15) is 8.42 Å². The van der Waals surface area contributed by atoms with Crippen molar-refractivity contribution in [3.63, 3.8) is 0 Å². The van der Waals surface area contributed by atoms with Gasteiger partial charge in [0.2, 0.25) is 0 Å². The Morgan fingerprint density at radius 1 is 1.10 bits per heavy atom. The van der Waals surface area contributed by atoms with E-state index in [1.165, 1.54) is 0 Å². The minimum absolute atomic E-state index is 0.0698. The summed E-state index contributed by atoms with van der Waals surface area (Å²) in [7, 11) is -1.46. The maximum Gasteiger partial charge on any atom is 0.191 e. The van der Waals surface area contributed by atoms with Gasteiger partial charge >= 0.3 is 0 Å². The van der Waals surface area contributed by atoms with Crippen molar-refractivity contribution in [2.75, 3.05) is 25.9 Å². The number of hydrogen-bond donors (Lipinski definition) is 2. The van der Waals surface area contributed by atoms with E-state index in [-0.39, 0.29) is 17.6 Å². The normalized spacial score (nSPS) is 13.0. The molecule has 0 aliphatic carbocycles. The Kier molecular flexibility index (Phi) is 9.28. The molecular formula is C21H28ClN3O3S. The Morgan fingerprint density at radius 3 is 2.45 bits per heavy atom. The number of hydrogen-bond acceptors (Lipinski definition) is 4. The molecule has 0 aromatic heterocycles. The van der Waals surface area contributed by atoms with Crippen molar-refractivity contribution >= 4 is 27.4 Å². The van der Waals surface area contributed by atoms with Gasteiger partial charge in [0.05, 0.1) is 18.1 Å². The van der Waals surface area contributed by atoms with Crippen molar-refractivity contribution in [3.05, 3.63) is 65.2 Å². The Balaban J connectivity index is 1.67. The van der Waals surface area contributed by atoms with Crippen LogP contribution in [-0.4, -0.2) is 46.4 Å². The number of ether oxygens (including phenoxy) is 1.